The maximum atomic E-state index is 3.71. The summed E-state index contributed by atoms with van der Waals surface area (Å²) in [7, 11) is 0. The van der Waals surface area contributed by atoms with Gasteiger partial charge >= 0.3 is 0 Å². The standard InChI is InChI=1S/C13H28N2/c1-6-11(2)14-12-7-9-15(10-8-12)13(3,4)5/h11-12,14H,6-10H2,1-5H3. The minimum Gasteiger partial charge on any atom is -0.311 e. The molecule has 0 saturated carbocycles. The van der Waals surface area contributed by atoms with Gasteiger partial charge in [0.25, 0.3) is 0 Å². The highest BCUT2D eigenvalue weighted by Crippen LogP contribution is 2.20. The molecule has 2 nitrogen and oxygen atoms in total. The van der Waals surface area contributed by atoms with Crippen molar-refractivity contribution in [2.24, 2.45) is 0 Å². The largest absolute Gasteiger partial charge is 0.311 e. The molecule has 1 N–H and O–H groups in total. The van der Waals surface area contributed by atoms with Gasteiger partial charge in [-0.05, 0) is 47.0 Å². The van der Waals surface area contributed by atoms with Crippen LogP contribution in [0.1, 0.15) is 53.9 Å². The first-order chi connectivity index (χ1) is 6.93. The van der Waals surface area contributed by atoms with Crippen LogP contribution in [-0.2, 0) is 0 Å². The van der Waals surface area contributed by atoms with Crippen molar-refractivity contribution >= 4 is 0 Å². The van der Waals surface area contributed by atoms with Gasteiger partial charge in [-0.25, -0.2) is 0 Å². The van der Waals surface area contributed by atoms with Gasteiger partial charge in [0, 0.05) is 30.7 Å². The summed E-state index contributed by atoms with van der Waals surface area (Å²) in [5.41, 5.74) is 0.349. The van der Waals surface area contributed by atoms with Crippen molar-refractivity contribution in [1.29, 1.82) is 0 Å². The van der Waals surface area contributed by atoms with E-state index in [9.17, 15) is 0 Å². The fraction of sp³-hybridized carbons (Fsp3) is 1.00. The van der Waals surface area contributed by atoms with Gasteiger partial charge < -0.3 is 5.32 Å². The maximum absolute atomic E-state index is 3.71. The molecule has 1 fully saturated rings. The number of likely N-dealkylation sites (tertiary alicyclic amines) is 1. The Balaban J connectivity index is 2.30. The second-order valence-electron chi connectivity index (χ2n) is 5.91. The van der Waals surface area contributed by atoms with Crippen molar-refractivity contribution < 1.29 is 0 Å². The maximum Gasteiger partial charge on any atom is 0.0125 e. The molecule has 1 heterocycles. The average Bonchev–Trinajstić information content (AvgIpc) is 2.17. The van der Waals surface area contributed by atoms with Crippen molar-refractivity contribution in [3.05, 3.63) is 0 Å². The molecule has 0 aromatic carbocycles. The van der Waals surface area contributed by atoms with E-state index in [0.29, 0.717) is 11.6 Å². The van der Waals surface area contributed by atoms with Crippen LogP contribution in [-0.4, -0.2) is 35.6 Å². The molecule has 0 spiro atoms. The molecule has 1 atom stereocenters. The van der Waals surface area contributed by atoms with E-state index in [0.717, 1.165) is 6.04 Å². The Morgan fingerprint density at radius 1 is 1.27 bits per heavy atom. The number of hydrogen-bond acceptors (Lipinski definition) is 2. The lowest BCUT2D eigenvalue weighted by Crippen LogP contribution is -2.51. The Hall–Kier alpha value is -0.0800. The van der Waals surface area contributed by atoms with Crippen LogP contribution in [0, 0.1) is 0 Å². The Morgan fingerprint density at radius 2 is 1.80 bits per heavy atom. The minimum atomic E-state index is 0.349. The van der Waals surface area contributed by atoms with E-state index in [1.807, 2.05) is 0 Å². The molecule has 1 saturated heterocycles. The Kier molecular flexibility index (Phi) is 4.60. The first kappa shape index (κ1) is 13.0. The highest BCUT2D eigenvalue weighted by atomic mass is 15.2. The van der Waals surface area contributed by atoms with E-state index in [2.05, 4.69) is 44.8 Å². The van der Waals surface area contributed by atoms with Gasteiger partial charge in [0.05, 0.1) is 0 Å². The number of hydrogen-bond donors (Lipinski definition) is 1. The van der Waals surface area contributed by atoms with Crippen LogP contribution >= 0.6 is 0 Å². The average molecular weight is 212 g/mol. The molecule has 1 aliphatic rings. The van der Waals surface area contributed by atoms with Crippen LogP contribution in [0.3, 0.4) is 0 Å². The normalized spacial score (nSPS) is 23.0. The van der Waals surface area contributed by atoms with Gasteiger partial charge in [-0.1, -0.05) is 6.92 Å². The van der Waals surface area contributed by atoms with Crippen LogP contribution in [0.25, 0.3) is 0 Å². The third-order valence-electron chi connectivity index (χ3n) is 3.58. The Labute approximate surface area is 95.4 Å². The number of nitrogens with one attached hydrogen (secondary N) is 1. The highest BCUT2D eigenvalue weighted by molar-refractivity contribution is 4.85. The predicted octanol–water partition coefficient (Wildman–Crippen LogP) is 2.64. The minimum absolute atomic E-state index is 0.349. The van der Waals surface area contributed by atoms with Crippen LogP contribution in [0.4, 0.5) is 0 Å². The first-order valence-electron chi connectivity index (χ1n) is 6.44. The fourth-order valence-electron chi connectivity index (χ4n) is 2.24. The predicted molar refractivity (Wildman–Crippen MR) is 67.2 cm³/mol. The van der Waals surface area contributed by atoms with Gasteiger partial charge in [0.1, 0.15) is 0 Å². The summed E-state index contributed by atoms with van der Waals surface area (Å²) in [5.74, 6) is 0. The zero-order valence-corrected chi connectivity index (χ0v) is 11.1. The van der Waals surface area contributed by atoms with Crippen molar-refractivity contribution in [3.63, 3.8) is 0 Å². The zero-order valence-electron chi connectivity index (χ0n) is 11.1. The molecule has 0 radical (unpaired) electrons. The SMILES string of the molecule is CCC(C)NC1CCN(C(C)(C)C)CC1. The molecular weight excluding hydrogens is 184 g/mol. The van der Waals surface area contributed by atoms with Gasteiger partial charge in [0.15, 0.2) is 0 Å². The fourth-order valence-corrected chi connectivity index (χ4v) is 2.24. The van der Waals surface area contributed by atoms with Gasteiger partial charge in [-0.2, -0.15) is 0 Å². The molecule has 2 heteroatoms. The monoisotopic (exact) mass is 212 g/mol. The van der Waals surface area contributed by atoms with Gasteiger partial charge in [-0.15, -0.1) is 0 Å². The molecule has 15 heavy (non-hydrogen) atoms. The second-order valence-corrected chi connectivity index (χ2v) is 5.91. The van der Waals surface area contributed by atoms with Gasteiger partial charge in [0.2, 0.25) is 0 Å². The molecule has 0 aromatic heterocycles. The molecule has 1 aliphatic heterocycles. The highest BCUT2D eigenvalue weighted by Gasteiger charge is 2.26. The molecule has 0 bridgehead atoms. The number of nitrogens with zero attached hydrogens (tertiary/aromatic N) is 1. The zero-order chi connectivity index (χ0) is 11.5. The summed E-state index contributed by atoms with van der Waals surface area (Å²) < 4.78 is 0. The lowest BCUT2D eigenvalue weighted by molar-refractivity contribution is 0.0941. The summed E-state index contributed by atoms with van der Waals surface area (Å²) in [6.07, 6.45) is 3.85. The van der Waals surface area contributed by atoms with Crippen LogP contribution in [0.5, 0.6) is 0 Å². The summed E-state index contributed by atoms with van der Waals surface area (Å²) >= 11 is 0. The van der Waals surface area contributed by atoms with Crippen LogP contribution in [0.15, 0.2) is 0 Å². The van der Waals surface area contributed by atoms with E-state index in [1.165, 1.54) is 32.4 Å². The van der Waals surface area contributed by atoms with Crippen molar-refractivity contribution in [1.82, 2.24) is 10.2 Å². The van der Waals surface area contributed by atoms with E-state index in [1.54, 1.807) is 0 Å². The lowest BCUT2D eigenvalue weighted by Gasteiger charge is -2.41. The van der Waals surface area contributed by atoms with Crippen molar-refractivity contribution in [2.75, 3.05) is 13.1 Å². The number of piperidine rings is 1. The summed E-state index contributed by atoms with van der Waals surface area (Å²) in [5, 5.41) is 3.71. The summed E-state index contributed by atoms with van der Waals surface area (Å²) in [4.78, 5) is 2.60. The molecule has 0 amide bonds. The van der Waals surface area contributed by atoms with Crippen LogP contribution in [0.2, 0.25) is 0 Å². The van der Waals surface area contributed by atoms with E-state index in [-0.39, 0.29) is 0 Å². The first-order valence-corrected chi connectivity index (χ1v) is 6.44. The Bertz CT molecular complexity index is 175. The third-order valence-corrected chi connectivity index (χ3v) is 3.58. The van der Waals surface area contributed by atoms with E-state index >= 15 is 0 Å². The molecule has 0 aliphatic carbocycles. The smallest absolute Gasteiger partial charge is 0.0125 e. The molecule has 90 valence electrons. The Morgan fingerprint density at radius 3 is 2.20 bits per heavy atom. The third kappa shape index (κ3) is 4.12. The summed E-state index contributed by atoms with van der Waals surface area (Å²) in [6.45, 7) is 14.0. The summed E-state index contributed by atoms with van der Waals surface area (Å²) in [6, 6.07) is 1.43. The van der Waals surface area contributed by atoms with Gasteiger partial charge in [-0.3, -0.25) is 4.90 Å². The second kappa shape index (κ2) is 5.31. The molecule has 0 aromatic rings. The van der Waals surface area contributed by atoms with E-state index in [4.69, 9.17) is 0 Å². The van der Waals surface area contributed by atoms with Crippen molar-refractivity contribution in [3.8, 4) is 0 Å². The molecule has 1 rings (SSSR count). The molecule has 1 unspecified atom stereocenters. The molecular formula is C13H28N2. The van der Waals surface area contributed by atoms with E-state index < -0.39 is 0 Å². The van der Waals surface area contributed by atoms with Crippen molar-refractivity contribution in [2.45, 2.75) is 71.5 Å². The lowest BCUT2D eigenvalue weighted by atomic mass is 9.97. The number of rotatable bonds is 3. The topological polar surface area (TPSA) is 15.3 Å². The quantitative estimate of drug-likeness (QED) is 0.773. The van der Waals surface area contributed by atoms with Crippen LogP contribution < -0.4 is 5.32 Å².